The predicted molar refractivity (Wildman–Crippen MR) is 109 cm³/mol. The van der Waals surface area contributed by atoms with Gasteiger partial charge in [0.25, 0.3) is 15.9 Å². The Kier molecular flexibility index (Phi) is 5.46. The maximum absolute atomic E-state index is 12.9. The molecule has 3 N–H and O–H groups in total. The fourth-order valence-corrected chi connectivity index (χ4v) is 4.98. The average molecular weight is 484 g/mol. The molecule has 9 nitrogen and oxygen atoms in total. The maximum Gasteiger partial charge on any atom is 0.322 e. The van der Waals surface area contributed by atoms with Gasteiger partial charge in [-0.25, -0.2) is 13.2 Å². The molecule has 1 aliphatic heterocycles. The summed E-state index contributed by atoms with van der Waals surface area (Å²) in [6.07, 6.45) is 0. The van der Waals surface area contributed by atoms with Gasteiger partial charge in [0.2, 0.25) is 0 Å². The van der Waals surface area contributed by atoms with Crippen molar-refractivity contribution < 1.29 is 27.5 Å². The third-order valence-corrected chi connectivity index (χ3v) is 6.80. The van der Waals surface area contributed by atoms with E-state index in [9.17, 15) is 18.0 Å². The van der Waals surface area contributed by atoms with E-state index < -0.39 is 27.5 Å². The molecule has 1 heterocycles. The van der Waals surface area contributed by atoms with Crippen molar-refractivity contribution in [3.05, 3.63) is 46.4 Å². The molecule has 1 aliphatic rings. The van der Waals surface area contributed by atoms with Crippen molar-refractivity contribution in [2.75, 3.05) is 18.9 Å². The number of halogens is 1. The second-order valence-electron chi connectivity index (χ2n) is 6.36. The summed E-state index contributed by atoms with van der Waals surface area (Å²) in [4.78, 5) is 23.6. The van der Waals surface area contributed by atoms with Gasteiger partial charge < -0.3 is 14.8 Å². The van der Waals surface area contributed by atoms with Crippen molar-refractivity contribution in [2.24, 2.45) is 0 Å². The highest BCUT2D eigenvalue weighted by molar-refractivity contribution is 9.10. The number of carbonyl (C=O) groups excluding carboxylic acids is 2. The number of benzene rings is 2. The standard InChI is InChI=1S/C18H18BrN3O6S/c1-18(16(23)20-17(24)21-18)10-5-4-6-11(7-10)22-29(25,26)15-9-14(28-3)13(27-2)8-12(15)19/h4-9,22H,1-3H3,(H2,20,21,23,24). The lowest BCUT2D eigenvalue weighted by molar-refractivity contribution is -0.123. The van der Waals surface area contributed by atoms with Crippen molar-refractivity contribution in [3.63, 3.8) is 0 Å². The molecule has 0 saturated carbocycles. The van der Waals surface area contributed by atoms with Gasteiger partial charge in [0.05, 0.1) is 14.2 Å². The highest BCUT2D eigenvalue weighted by Gasteiger charge is 2.43. The third kappa shape index (κ3) is 3.87. The molecule has 3 amide bonds. The molecular weight excluding hydrogens is 466 g/mol. The van der Waals surface area contributed by atoms with Crippen molar-refractivity contribution >= 4 is 43.6 Å². The first-order valence-corrected chi connectivity index (χ1v) is 10.6. The molecule has 1 saturated heterocycles. The van der Waals surface area contributed by atoms with Crippen molar-refractivity contribution in [2.45, 2.75) is 17.4 Å². The summed E-state index contributed by atoms with van der Waals surface area (Å²) in [6.45, 7) is 1.53. The summed E-state index contributed by atoms with van der Waals surface area (Å²) >= 11 is 3.24. The van der Waals surface area contributed by atoms with Gasteiger partial charge in [-0.2, -0.15) is 0 Å². The van der Waals surface area contributed by atoms with Gasteiger partial charge in [-0.05, 0) is 46.6 Å². The molecule has 0 bridgehead atoms. The Morgan fingerprint density at radius 2 is 1.72 bits per heavy atom. The lowest BCUT2D eigenvalue weighted by Crippen LogP contribution is -2.40. The van der Waals surface area contributed by atoms with Crippen LogP contribution in [0.5, 0.6) is 11.5 Å². The fourth-order valence-electron chi connectivity index (χ4n) is 2.89. The van der Waals surface area contributed by atoms with E-state index in [-0.39, 0.29) is 20.8 Å². The topological polar surface area (TPSA) is 123 Å². The zero-order valence-electron chi connectivity index (χ0n) is 15.7. The molecule has 11 heteroatoms. The predicted octanol–water partition coefficient (Wildman–Crippen LogP) is 2.32. The first-order valence-electron chi connectivity index (χ1n) is 8.29. The van der Waals surface area contributed by atoms with Crippen molar-refractivity contribution in [1.29, 1.82) is 0 Å². The number of hydrogen-bond donors (Lipinski definition) is 3. The summed E-state index contributed by atoms with van der Waals surface area (Å²) in [7, 11) is -1.16. The van der Waals surface area contributed by atoms with Crippen LogP contribution in [-0.4, -0.2) is 34.6 Å². The van der Waals surface area contributed by atoms with Crippen LogP contribution in [0.4, 0.5) is 10.5 Å². The molecule has 0 radical (unpaired) electrons. The number of methoxy groups -OCH3 is 2. The molecule has 1 unspecified atom stereocenters. The molecule has 3 rings (SSSR count). The zero-order chi connectivity index (χ0) is 21.4. The number of urea groups is 1. The van der Waals surface area contributed by atoms with Crippen LogP contribution in [-0.2, 0) is 20.4 Å². The number of sulfonamides is 1. The second-order valence-corrected chi connectivity index (χ2v) is 8.86. The van der Waals surface area contributed by atoms with E-state index in [2.05, 4.69) is 31.3 Å². The SMILES string of the molecule is COc1cc(Br)c(S(=O)(=O)Nc2cccc(C3(C)NC(=O)NC3=O)c2)cc1OC. The minimum atomic E-state index is -4.01. The Balaban J connectivity index is 1.96. The minimum absolute atomic E-state index is 0.0568. The molecule has 1 atom stereocenters. The van der Waals surface area contributed by atoms with Gasteiger partial charge in [0.1, 0.15) is 10.4 Å². The van der Waals surface area contributed by atoms with Gasteiger partial charge >= 0.3 is 6.03 Å². The number of anilines is 1. The first kappa shape index (κ1) is 20.9. The number of imide groups is 1. The van der Waals surface area contributed by atoms with E-state index in [1.54, 1.807) is 12.1 Å². The highest BCUT2D eigenvalue weighted by atomic mass is 79.9. The lowest BCUT2D eigenvalue weighted by atomic mass is 9.92. The monoisotopic (exact) mass is 483 g/mol. The number of nitrogens with one attached hydrogen (secondary N) is 3. The average Bonchev–Trinajstić information content (AvgIpc) is 2.93. The number of rotatable bonds is 6. The Hall–Kier alpha value is -2.79. The molecular formula is C18H18BrN3O6S. The summed E-state index contributed by atoms with van der Waals surface area (Å²) < 4.78 is 39.0. The van der Waals surface area contributed by atoms with E-state index in [4.69, 9.17) is 9.47 Å². The Morgan fingerprint density at radius 1 is 1.07 bits per heavy atom. The van der Waals surface area contributed by atoms with Gasteiger partial charge in [-0.1, -0.05) is 12.1 Å². The van der Waals surface area contributed by atoms with E-state index in [1.807, 2.05) is 0 Å². The normalized spacial score (nSPS) is 18.8. The van der Waals surface area contributed by atoms with E-state index >= 15 is 0 Å². The fraction of sp³-hybridized carbons (Fsp3) is 0.222. The largest absolute Gasteiger partial charge is 0.493 e. The Morgan fingerprint density at radius 3 is 2.31 bits per heavy atom. The zero-order valence-corrected chi connectivity index (χ0v) is 18.1. The van der Waals surface area contributed by atoms with Gasteiger partial charge in [-0.3, -0.25) is 14.8 Å². The van der Waals surface area contributed by atoms with Gasteiger partial charge in [0.15, 0.2) is 11.5 Å². The van der Waals surface area contributed by atoms with E-state index in [0.29, 0.717) is 11.3 Å². The van der Waals surface area contributed by atoms with Crippen LogP contribution in [0, 0.1) is 0 Å². The van der Waals surface area contributed by atoms with Gasteiger partial charge in [-0.15, -0.1) is 0 Å². The van der Waals surface area contributed by atoms with Crippen molar-refractivity contribution in [1.82, 2.24) is 10.6 Å². The molecule has 154 valence electrons. The smallest absolute Gasteiger partial charge is 0.322 e. The number of carbonyl (C=O) groups is 2. The van der Waals surface area contributed by atoms with Crippen LogP contribution in [0.25, 0.3) is 0 Å². The van der Waals surface area contributed by atoms with Crippen LogP contribution >= 0.6 is 15.9 Å². The highest BCUT2D eigenvalue weighted by Crippen LogP contribution is 2.36. The third-order valence-electron chi connectivity index (χ3n) is 4.46. The molecule has 0 aliphatic carbocycles. The number of amides is 3. The molecule has 1 fully saturated rings. The van der Waals surface area contributed by atoms with E-state index in [1.165, 1.54) is 45.4 Å². The van der Waals surface area contributed by atoms with Crippen LogP contribution < -0.4 is 24.8 Å². The number of ether oxygens (including phenoxy) is 2. The maximum atomic E-state index is 12.9. The van der Waals surface area contributed by atoms with Crippen molar-refractivity contribution in [3.8, 4) is 11.5 Å². The van der Waals surface area contributed by atoms with Crippen LogP contribution in [0.1, 0.15) is 12.5 Å². The van der Waals surface area contributed by atoms with Crippen LogP contribution in [0.15, 0.2) is 45.8 Å². The lowest BCUT2D eigenvalue weighted by Gasteiger charge is -2.22. The molecule has 2 aromatic carbocycles. The minimum Gasteiger partial charge on any atom is -0.493 e. The van der Waals surface area contributed by atoms with E-state index in [0.717, 1.165) is 0 Å². The molecule has 2 aromatic rings. The van der Waals surface area contributed by atoms with Gasteiger partial charge in [0, 0.05) is 16.2 Å². The second kappa shape index (κ2) is 7.56. The Labute approximate surface area is 176 Å². The Bertz CT molecular complexity index is 1100. The molecule has 0 aromatic heterocycles. The number of hydrogen-bond acceptors (Lipinski definition) is 6. The first-order chi connectivity index (χ1) is 13.6. The van der Waals surface area contributed by atoms with Crippen LogP contribution in [0.2, 0.25) is 0 Å². The molecule has 0 spiro atoms. The summed E-state index contributed by atoms with van der Waals surface area (Å²) in [5, 5.41) is 4.71. The molecule has 29 heavy (non-hydrogen) atoms. The quantitative estimate of drug-likeness (QED) is 0.541. The summed E-state index contributed by atoms with van der Waals surface area (Å²) in [5.74, 6) is 0.101. The summed E-state index contributed by atoms with van der Waals surface area (Å²) in [6, 6.07) is 8.43. The van der Waals surface area contributed by atoms with Crippen LogP contribution in [0.3, 0.4) is 0 Å². The summed E-state index contributed by atoms with van der Waals surface area (Å²) in [5.41, 5.74) is -0.658.